The molecule has 1 aliphatic rings. The van der Waals surface area contributed by atoms with Crippen molar-refractivity contribution >= 4 is 17.8 Å². The topological polar surface area (TPSA) is 102 Å². The van der Waals surface area contributed by atoms with Gasteiger partial charge in [-0.05, 0) is 17.7 Å². The van der Waals surface area contributed by atoms with E-state index < -0.39 is 17.8 Å². The summed E-state index contributed by atoms with van der Waals surface area (Å²) >= 11 is 0. The first-order valence-corrected chi connectivity index (χ1v) is 5.59. The van der Waals surface area contributed by atoms with Gasteiger partial charge in [-0.3, -0.25) is 19.8 Å². The molecule has 1 fully saturated rings. The quantitative estimate of drug-likeness (QED) is 0.575. The minimum absolute atomic E-state index is 0.0212. The van der Waals surface area contributed by atoms with E-state index in [1.54, 1.807) is 18.2 Å². The number of urea groups is 1. The summed E-state index contributed by atoms with van der Waals surface area (Å²) in [5.74, 6) is -1.12. The summed E-state index contributed by atoms with van der Waals surface area (Å²) in [5.41, 5.74) is 7.04. The number of rotatable bonds is 4. The third-order valence-corrected chi connectivity index (χ3v) is 2.81. The van der Waals surface area contributed by atoms with Crippen molar-refractivity contribution < 1.29 is 19.1 Å². The van der Waals surface area contributed by atoms with E-state index in [2.05, 4.69) is 0 Å². The highest BCUT2D eigenvalue weighted by molar-refractivity contribution is 6.44. The van der Waals surface area contributed by atoms with Crippen LogP contribution >= 0.6 is 0 Å². The van der Waals surface area contributed by atoms with Crippen LogP contribution in [0.3, 0.4) is 0 Å². The van der Waals surface area contributed by atoms with Crippen LogP contribution < -0.4 is 15.8 Å². The second-order valence-electron chi connectivity index (χ2n) is 4.00. The zero-order valence-corrected chi connectivity index (χ0v) is 10.3. The van der Waals surface area contributed by atoms with E-state index in [-0.39, 0.29) is 13.1 Å². The van der Waals surface area contributed by atoms with Gasteiger partial charge in [0.25, 0.3) is 0 Å². The Balaban J connectivity index is 2.22. The molecular formula is C12H13N3O4. The Morgan fingerprint density at radius 2 is 2.05 bits per heavy atom. The molecule has 2 rings (SSSR count). The zero-order chi connectivity index (χ0) is 14.0. The molecule has 100 valence electrons. The maximum absolute atomic E-state index is 11.4. The fraction of sp³-hybridized carbons (Fsp3) is 0.250. The van der Waals surface area contributed by atoms with Crippen LogP contribution in [0.1, 0.15) is 11.1 Å². The number of nitrogens with zero attached hydrogens (tertiary/aromatic N) is 1. The Bertz CT molecular complexity index is 556. The molecule has 0 aliphatic carbocycles. The number of hydrogen-bond donors (Lipinski definition) is 2. The minimum atomic E-state index is -0.905. The number of nitrogens with one attached hydrogen (secondary N) is 1. The molecule has 19 heavy (non-hydrogen) atoms. The predicted octanol–water partition coefficient (Wildman–Crippen LogP) is -0.268. The first-order chi connectivity index (χ1) is 9.06. The zero-order valence-electron chi connectivity index (χ0n) is 10.3. The maximum atomic E-state index is 11.4. The number of carbonyl (C=O) groups excluding carboxylic acids is 3. The van der Waals surface area contributed by atoms with Gasteiger partial charge >= 0.3 is 17.8 Å². The number of imide groups is 2. The van der Waals surface area contributed by atoms with E-state index in [9.17, 15) is 14.4 Å². The van der Waals surface area contributed by atoms with Crippen molar-refractivity contribution in [2.45, 2.75) is 13.1 Å². The fourth-order valence-electron chi connectivity index (χ4n) is 1.85. The molecule has 4 amide bonds. The van der Waals surface area contributed by atoms with Crippen LogP contribution in [0.25, 0.3) is 0 Å². The van der Waals surface area contributed by atoms with Gasteiger partial charge in [0, 0.05) is 12.1 Å². The van der Waals surface area contributed by atoms with Crippen molar-refractivity contribution in [1.29, 1.82) is 0 Å². The number of nitrogens with two attached hydrogens (primary N) is 1. The summed E-state index contributed by atoms with van der Waals surface area (Å²) in [6.45, 7) is 0.295. The van der Waals surface area contributed by atoms with Crippen LogP contribution in [0.4, 0.5) is 4.79 Å². The number of methoxy groups -OCH3 is 1. The summed E-state index contributed by atoms with van der Waals surface area (Å²) < 4.78 is 5.13. The summed E-state index contributed by atoms with van der Waals surface area (Å²) in [6, 6.07) is 4.45. The molecule has 0 atom stereocenters. The molecule has 1 aliphatic heterocycles. The van der Waals surface area contributed by atoms with Gasteiger partial charge in [0.15, 0.2) is 0 Å². The highest BCUT2D eigenvalue weighted by atomic mass is 16.5. The average molecular weight is 263 g/mol. The molecule has 1 heterocycles. The molecule has 7 nitrogen and oxygen atoms in total. The Labute approximate surface area is 109 Å². The molecule has 0 spiro atoms. The van der Waals surface area contributed by atoms with E-state index in [0.29, 0.717) is 11.3 Å². The van der Waals surface area contributed by atoms with Gasteiger partial charge in [-0.1, -0.05) is 6.07 Å². The first kappa shape index (κ1) is 13.0. The van der Waals surface area contributed by atoms with Gasteiger partial charge in [0.2, 0.25) is 0 Å². The lowest BCUT2D eigenvalue weighted by atomic mass is 10.1. The normalized spacial score (nSPS) is 14.8. The van der Waals surface area contributed by atoms with E-state index >= 15 is 0 Å². The lowest BCUT2D eigenvalue weighted by Crippen LogP contribution is -2.30. The van der Waals surface area contributed by atoms with Crippen LogP contribution in [0, 0.1) is 0 Å². The van der Waals surface area contributed by atoms with Gasteiger partial charge < -0.3 is 10.5 Å². The Hall–Kier alpha value is -2.41. The molecule has 3 N–H and O–H groups in total. The molecule has 1 aromatic carbocycles. The third-order valence-electron chi connectivity index (χ3n) is 2.81. The van der Waals surface area contributed by atoms with Gasteiger partial charge in [0.1, 0.15) is 5.75 Å². The molecule has 1 aromatic rings. The van der Waals surface area contributed by atoms with E-state index in [1.807, 2.05) is 5.32 Å². The van der Waals surface area contributed by atoms with Crippen LogP contribution in [0.2, 0.25) is 0 Å². The monoisotopic (exact) mass is 263 g/mol. The summed E-state index contributed by atoms with van der Waals surface area (Å²) in [4.78, 5) is 34.7. The number of carbonyl (C=O) groups is 3. The molecule has 7 heteroatoms. The summed E-state index contributed by atoms with van der Waals surface area (Å²) in [6.07, 6.45) is 0. The van der Waals surface area contributed by atoms with Crippen molar-refractivity contribution in [1.82, 2.24) is 10.2 Å². The van der Waals surface area contributed by atoms with Crippen LogP contribution in [-0.4, -0.2) is 29.9 Å². The third kappa shape index (κ3) is 2.41. The average Bonchev–Trinajstić information content (AvgIpc) is 2.65. The van der Waals surface area contributed by atoms with E-state index in [0.717, 1.165) is 10.5 Å². The predicted molar refractivity (Wildman–Crippen MR) is 65.0 cm³/mol. The largest absolute Gasteiger partial charge is 0.496 e. The lowest BCUT2D eigenvalue weighted by Gasteiger charge is -2.13. The van der Waals surface area contributed by atoms with Gasteiger partial charge in [0.05, 0.1) is 13.7 Å². The smallest absolute Gasteiger partial charge is 0.331 e. The fourth-order valence-corrected chi connectivity index (χ4v) is 1.85. The SMILES string of the molecule is COc1ccc(CN2C(=O)NC(=O)C2=O)cc1CN. The number of ether oxygens (including phenoxy) is 1. The molecule has 0 unspecified atom stereocenters. The number of benzene rings is 1. The van der Waals surface area contributed by atoms with E-state index in [4.69, 9.17) is 10.5 Å². The first-order valence-electron chi connectivity index (χ1n) is 5.59. The Morgan fingerprint density at radius 3 is 2.58 bits per heavy atom. The van der Waals surface area contributed by atoms with Crippen molar-refractivity contribution in [3.63, 3.8) is 0 Å². The molecule has 0 bridgehead atoms. The number of amides is 4. The van der Waals surface area contributed by atoms with Gasteiger partial charge in [-0.25, -0.2) is 4.79 Å². The number of hydrogen-bond acceptors (Lipinski definition) is 5. The standard InChI is InChI=1S/C12H13N3O4/c1-19-9-3-2-7(4-8(9)5-13)6-15-11(17)10(16)14-12(15)18/h2-4H,5-6,13H2,1H3,(H,14,16,18). The summed E-state index contributed by atoms with van der Waals surface area (Å²) in [7, 11) is 1.53. The molecule has 0 radical (unpaired) electrons. The Kier molecular flexibility index (Phi) is 3.48. The van der Waals surface area contributed by atoms with Crippen molar-refractivity contribution in [3.05, 3.63) is 29.3 Å². The second kappa shape index (κ2) is 5.07. The van der Waals surface area contributed by atoms with Crippen molar-refractivity contribution in [2.75, 3.05) is 7.11 Å². The van der Waals surface area contributed by atoms with Gasteiger partial charge in [-0.15, -0.1) is 0 Å². The van der Waals surface area contributed by atoms with E-state index in [1.165, 1.54) is 7.11 Å². The van der Waals surface area contributed by atoms with Crippen molar-refractivity contribution in [3.8, 4) is 5.75 Å². The van der Waals surface area contributed by atoms with Crippen LogP contribution in [0.5, 0.6) is 5.75 Å². The highest BCUT2D eigenvalue weighted by Gasteiger charge is 2.36. The lowest BCUT2D eigenvalue weighted by molar-refractivity contribution is -0.140. The molecular weight excluding hydrogens is 250 g/mol. The highest BCUT2D eigenvalue weighted by Crippen LogP contribution is 2.20. The molecule has 0 saturated carbocycles. The Morgan fingerprint density at radius 1 is 1.32 bits per heavy atom. The maximum Gasteiger partial charge on any atom is 0.331 e. The van der Waals surface area contributed by atoms with Crippen molar-refractivity contribution in [2.24, 2.45) is 5.73 Å². The molecule has 1 saturated heterocycles. The van der Waals surface area contributed by atoms with Crippen LogP contribution in [-0.2, 0) is 22.7 Å². The van der Waals surface area contributed by atoms with Gasteiger partial charge in [-0.2, -0.15) is 0 Å². The molecule has 0 aromatic heterocycles. The second-order valence-corrected chi connectivity index (χ2v) is 4.00. The summed E-state index contributed by atoms with van der Waals surface area (Å²) in [5, 5.41) is 1.94. The van der Waals surface area contributed by atoms with Crippen LogP contribution in [0.15, 0.2) is 18.2 Å². The minimum Gasteiger partial charge on any atom is -0.496 e.